The monoisotopic (exact) mass is 544 g/mol. The summed E-state index contributed by atoms with van der Waals surface area (Å²) in [7, 11) is 3.42. The molecule has 1 aromatic rings. The minimum absolute atomic E-state index is 0.0182. The molecule has 1 spiro atoms. The number of fused-ring (bicyclic) bond motifs is 3. The van der Waals surface area contributed by atoms with Crippen LogP contribution in [0.5, 0.6) is 11.5 Å². The summed E-state index contributed by atoms with van der Waals surface area (Å²) in [4.78, 5) is 55.1. The van der Waals surface area contributed by atoms with Crippen molar-refractivity contribution in [2.45, 2.75) is 42.5 Å². The second-order valence-electron chi connectivity index (χ2n) is 10.4. The van der Waals surface area contributed by atoms with Crippen LogP contribution in [0.25, 0.3) is 0 Å². The molecule has 6 rings (SSSR count). The number of aliphatic hydroxyl groups excluding tert-OH is 1. The minimum Gasteiger partial charge on any atom is -0.468 e. The first kappa shape index (κ1) is 25.4. The first-order valence-electron chi connectivity index (χ1n) is 12.5. The van der Waals surface area contributed by atoms with Crippen LogP contribution in [0.4, 0.5) is 10.5 Å². The molecule has 1 aromatic carbocycles. The van der Waals surface area contributed by atoms with E-state index in [2.05, 4.69) is 0 Å². The summed E-state index contributed by atoms with van der Waals surface area (Å²) in [6.45, 7) is 0.146. The van der Waals surface area contributed by atoms with Crippen LogP contribution >= 0.6 is 0 Å². The van der Waals surface area contributed by atoms with Crippen LogP contribution < -0.4 is 14.4 Å². The predicted molar refractivity (Wildman–Crippen MR) is 129 cm³/mol. The van der Waals surface area contributed by atoms with Gasteiger partial charge < -0.3 is 38.8 Å². The summed E-state index contributed by atoms with van der Waals surface area (Å²) >= 11 is 0. The fourth-order valence-electron chi connectivity index (χ4n) is 7.99. The van der Waals surface area contributed by atoms with Crippen LogP contribution in [0.3, 0.4) is 0 Å². The van der Waals surface area contributed by atoms with Crippen molar-refractivity contribution in [3.8, 4) is 11.5 Å². The molecule has 4 aliphatic heterocycles. The number of nitrogens with zero attached hydrogens (tertiary/aromatic N) is 2. The highest BCUT2D eigenvalue weighted by Gasteiger charge is 2.78. The van der Waals surface area contributed by atoms with Crippen molar-refractivity contribution in [1.82, 2.24) is 4.90 Å². The molecule has 2 fully saturated rings. The highest BCUT2D eigenvalue weighted by Crippen LogP contribution is 2.69. The Morgan fingerprint density at radius 2 is 1.82 bits per heavy atom. The Kier molecular flexibility index (Phi) is 5.43. The maximum absolute atomic E-state index is 13.6. The van der Waals surface area contributed by atoms with Gasteiger partial charge in [-0.05, 0) is 30.9 Å². The fourth-order valence-corrected chi connectivity index (χ4v) is 7.99. The van der Waals surface area contributed by atoms with Gasteiger partial charge in [0.25, 0.3) is 5.72 Å². The van der Waals surface area contributed by atoms with Crippen LogP contribution in [0, 0.1) is 11.3 Å². The van der Waals surface area contributed by atoms with E-state index in [1.54, 1.807) is 17.0 Å². The molecule has 13 nitrogen and oxygen atoms in total. The predicted octanol–water partition coefficient (Wildman–Crippen LogP) is 0.202. The van der Waals surface area contributed by atoms with Gasteiger partial charge in [0, 0.05) is 29.7 Å². The van der Waals surface area contributed by atoms with Crippen LogP contribution in [-0.4, -0.2) is 92.0 Å². The third kappa shape index (κ3) is 2.76. The Bertz CT molecular complexity index is 1330. The van der Waals surface area contributed by atoms with Crippen LogP contribution in [0.15, 0.2) is 23.9 Å². The number of aliphatic hydroxyl groups is 2. The molecule has 1 amide bonds. The molecule has 4 heterocycles. The summed E-state index contributed by atoms with van der Waals surface area (Å²) in [5.74, 6) is -2.46. The summed E-state index contributed by atoms with van der Waals surface area (Å²) in [6.07, 6.45) is -0.312. The molecule has 208 valence electrons. The molecule has 2 N–H and O–H groups in total. The Balaban J connectivity index is 1.73. The number of ether oxygens (including phenoxy) is 5. The lowest BCUT2D eigenvalue weighted by atomic mass is 9.46. The zero-order chi connectivity index (χ0) is 27.9. The summed E-state index contributed by atoms with van der Waals surface area (Å²) < 4.78 is 26.6. The van der Waals surface area contributed by atoms with Crippen molar-refractivity contribution >= 4 is 30.0 Å². The largest absolute Gasteiger partial charge is 0.468 e. The molecule has 0 unspecified atom stereocenters. The first-order chi connectivity index (χ1) is 18.7. The van der Waals surface area contributed by atoms with Crippen LogP contribution in [-0.2, 0) is 34.0 Å². The van der Waals surface area contributed by atoms with Gasteiger partial charge in [-0.2, -0.15) is 0 Å². The third-order valence-corrected chi connectivity index (χ3v) is 9.29. The van der Waals surface area contributed by atoms with E-state index in [0.29, 0.717) is 18.4 Å². The maximum Gasteiger partial charge on any atom is 0.417 e. The Morgan fingerprint density at radius 1 is 1.08 bits per heavy atom. The van der Waals surface area contributed by atoms with Gasteiger partial charge in [0.05, 0.1) is 27.4 Å². The van der Waals surface area contributed by atoms with Gasteiger partial charge in [0.2, 0.25) is 6.79 Å². The minimum atomic E-state index is -2.59. The number of esters is 2. The third-order valence-electron chi connectivity index (χ3n) is 9.29. The Morgan fingerprint density at radius 3 is 2.49 bits per heavy atom. The molecule has 1 saturated heterocycles. The van der Waals surface area contributed by atoms with E-state index >= 15 is 0 Å². The second-order valence-corrected chi connectivity index (χ2v) is 10.4. The highest BCUT2D eigenvalue weighted by molar-refractivity contribution is 6.02. The smallest absolute Gasteiger partial charge is 0.417 e. The number of anilines is 1. The van der Waals surface area contributed by atoms with Crippen molar-refractivity contribution in [1.29, 1.82) is 0 Å². The highest BCUT2D eigenvalue weighted by atomic mass is 16.7. The van der Waals surface area contributed by atoms with Gasteiger partial charge in [-0.25, -0.2) is 14.5 Å². The first-order valence-corrected chi connectivity index (χ1v) is 12.5. The zero-order valence-corrected chi connectivity index (χ0v) is 21.5. The number of hydrogen-bond acceptors (Lipinski definition) is 12. The maximum atomic E-state index is 13.6. The lowest BCUT2D eigenvalue weighted by Crippen LogP contribution is -2.77. The number of amides is 1. The van der Waals surface area contributed by atoms with Crippen LogP contribution in [0.2, 0.25) is 0 Å². The van der Waals surface area contributed by atoms with Crippen molar-refractivity contribution in [3.63, 3.8) is 0 Å². The van der Waals surface area contributed by atoms with Gasteiger partial charge in [0.1, 0.15) is 23.5 Å². The normalized spacial score (nSPS) is 35.2. The standard InChI is InChI=1S/C26H28N2O11/c1-35-21(31)25-7-6-16-24(8-9-27(20(24)25)10-13(11-29)19(25)30)14-4-5-15-18(39-12-38-15)17(14)28(23(33)37-3)26(16,34)22(32)36-2/h4-5,10-11,16,19-20,30,34H,6-9,12H2,1-3H3/t16-,19+,20-,24+,25-,26-/m1/s1. The number of aldehydes is 1. The molecule has 0 aromatic heterocycles. The quantitative estimate of drug-likeness (QED) is 0.303. The molecule has 6 atom stereocenters. The molecule has 1 saturated carbocycles. The van der Waals surface area contributed by atoms with E-state index in [-0.39, 0.29) is 48.8 Å². The van der Waals surface area contributed by atoms with E-state index in [0.717, 1.165) is 19.1 Å². The van der Waals surface area contributed by atoms with Gasteiger partial charge in [-0.15, -0.1) is 0 Å². The molecule has 5 aliphatic rings. The average Bonchev–Trinajstić information content (AvgIpc) is 3.59. The number of benzene rings is 1. The lowest BCUT2D eigenvalue weighted by Gasteiger charge is -2.63. The molecule has 1 aliphatic carbocycles. The number of rotatable bonds is 3. The van der Waals surface area contributed by atoms with Crippen molar-refractivity contribution in [3.05, 3.63) is 29.5 Å². The number of methoxy groups -OCH3 is 3. The molecule has 0 bridgehead atoms. The van der Waals surface area contributed by atoms with Gasteiger partial charge in [-0.1, -0.05) is 6.07 Å². The summed E-state index contributed by atoms with van der Waals surface area (Å²) in [6, 6.07) is 2.50. The van der Waals surface area contributed by atoms with Crippen molar-refractivity contribution < 1.29 is 53.1 Å². The lowest BCUT2D eigenvalue weighted by molar-refractivity contribution is -0.194. The number of carbonyl (C=O) groups excluding carboxylic acids is 4. The average molecular weight is 545 g/mol. The molecular weight excluding hydrogens is 516 g/mol. The summed E-state index contributed by atoms with van der Waals surface area (Å²) in [5.41, 5.74) is -4.87. The summed E-state index contributed by atoms with van der Waals surface area (Å²) in [5, 5.41) is 23.9. The fraction of sp³-hybridized carbons (Fsp3) is 0.538. The Hall–Kier alpha value is -3.84. The molecule has 39 heavy (non-hydrogen) atoms. The van der Waals surface area contributed by atoms with Gasteiger partial charge in [-0.3, -0.25) is 9.59 Å². The molecule has 13 heteroatoms. The van der Waals surface area contributed by atoms with E-state index in [1.807, 2.05) is 0 Å². The van der Waals surface area contributed by atoms with Crippen molar-refractivity contribution in [2.24, 2.45) is 11.3 Å². The molecule has 0 radical (unpaired) electrons. The Labute approximate surface area is 222 Å². The number of hydrogen-bond donors (Lipinski definition) is 2. The zero-order valence-electron chi connectivity index (χ0n) is 21.5. The van der Waals surface area contributed by atoms with E-state index in [9.17, 15) is 29.4 Å². The SMILES string of the molecule is COC(=O)N1c2c(ccc3c2OCO3)[C@@]23CCN4C=C(C=O)[C@H](O)[C@](C(=O)OC)(CC[C@H]2[C@@]1(O)C(=O)OC)[C@H]43. The van der Waals surface area contributed by atoms with E-state index in [1.165, 1.54) is 13.3 Å². The number of carbonyl (C=O) groups is 4. The second kappa shape index (κ2) is 8.33. The van der Waals surface area contributed by atoms with Crippen molar-refractivity contribution in [2.75, 3.05) is 39.6 Å². The topological polar surface area (TPSA) is 161 Å². The van der Waals surface area contributed by atoms with Gasteiger partial charge in [0.15, 0.2) is 11.5 Å². The van der Waals surface area contributed by atoms with E-state index < -0.39 is 52.7 Å². The molecular formula is C26H28N2O11. The van der Waals surface area contributed by atoms with Crippen LogP contribution in [0.1, 0.15) is 24.8 Å². The van der Waals surface area contributed by atoms with E-state index in [4.69, 9.17) is 23.7 Å². The van der Waals surface area contributed by atoms with Gasteiger partial charge >= 0.3 is 18.0 Å².